The highest BCUT2D eigenvalue weighted by atomic mass is 32.2. The van der Waals surface area contributed by atoms with E-state index in [4.69, 9.17) is 15.2 Å². The van der Waals surface area contributed by atoms with Crippen molar-refractivity contribution in [3.63, 3.8) is 0 Å². The van der Waals surface area contributed by atoms with Gasteiger partial charge >= 0.3 is 0 Å². The third kappa shape index (κ3) is 5.70. The SMILES string of the molecule is COc1ccc(C2C(C#N)=C(N)N(c3nnc(SCC(=O)Nc4ccccc4)s3)C3=C2C(=O)CC(C)(C)C3)c(OC)c1. The summed E-state index contributed by atoms with van der Waals surface area (Å²) in [6.45, 7) is 4.06. The Labute approximate surface area is 252 Å². The Kier molecular flexibility index (Phi) is 8.24. The molecule has 1 amide bonds. The third-order valence-corrected chi connectivity index (χ3v) is 9.15. The highest BCUT2D eigenvalue weighted by molar-refractivity contribution is 8.01. The lowest BCUT2D eigenvalue weighted by atomic mass is 9.68. The molecule has 0 radical (unpaired) electrons. The lowest BCUT2D eigenvalue weighted by molar-refractivity contribution is -0.118. The third-order valence-electron chi connectivity index (χ3n) is 7.10. The number of hydrogen-bond donors (Lipinski definition) is 2. The summed E-state index contributed by atoms with van der Waals surface area (Å²) >= 11 is 2.50. The van der Waals surface area contributed by atoms with Crippen LogP contribution in [-0.4, -0.2) is 41.9 Å². The van der Waals surface area contributed by atoms with Gasteiger partial charge in [0.2, 0.25) is 11.0 Å². The number of hydrogen-bond acceptors (Lipinski definition) is 11. The van der Waals surface area contributed by atoms with Gasteiger partial charge < -0.3 is 20.5 Å². The number of aromatic nitrogens is 2. The molecule has 2 heterocycles. The highest BCUT2D eigenvalue weighted by Crippen LogP contribution is 2.52. The number of amides is 1. The molecule has 1 atom stereocenters. The second-order valence-corrected chi connectivity index (χ2v) is 12.8. The summed E-state index contributed by atoms with van der Waals surface area (Å²) in [6.07, 6.45) is 0.852. The van der Waals surface area contributed by atoms with Crippen LogP contribution < -0.4 is 25.4 Å². The summed E-state index contributed by atoms with van der Waals surface area (Å²) < 4.78 is 11.6. The van der Waals surface area contributed by atoms with Crippen LogP contribution in [0.4, 0.5) is 10.8 Å². The van der Waals surface area contributed by atoms with E-state index in [1.165, 1.54) is 30.2 Å². The van der Waals surface area contributed by atoms with Gasteiger partial charge in [-0.2, -0.15) is 5.26 Å². The molecule has 3 N–H and O–H groups in total. The summed E-state index contributed by atoms with van der Waals surface area (Å²) in [6, 6.07) is 16.8. The molecule has 1 unspecified atom stereocenters. The number of carbonyl (C=O) groups is 2. The van der Waals surface area contributed by atoms with Crippen molar-refractivity contribution in [2.45, 2.75) is 36.9 Å². The predicted octanol–water partition coefficient (Wildman–Crippen LogP) is 5.23. The number of ketones is 1. The monoisotopic (exact) mass is 602 g/mol. The van der Waals surface area contributed by atoms with Gasteiger partial charge in [0.05, 0.1) is 37.5 Å². The number of nitrogens with one attached hydrogen (secondary N) is 1. The van der Waals surface area contributed by atoms with Crippen molar-refractivity contribution >= 4 is 45.6 Å². The molecule has 10 nitrogen and oxygen atoms in total. The van der Waals surface area contributed by atoms with Crippen molar-refractivity contribution in [2.24, 2.45) is 11.1 Å². The lowest BCUT2D eigenvalue weighted by Crippen LogP contribution is -2.42. The lowest BCUT2D eigenvalue weighted by Gasteiger charge is -2.42. The Morgan fingerprint density at radius 2 is 1.95 bits per heavy atom. The van der Waals surface area contributed by atoms with Gasteiger partial charge in [0.1, 0.15) is 17.3 Å². The van der Waals surface area contributed by atoms with Crippen LogP contribution in [0.1, 0.15) is 38.2 Å². The Balaban J connectivity index is 1.52. The molecule has 0 fully saturated rings. The first-order valence-corrected chi connectivity index (χ1v) is 14.9. The molecule has 12 heteroatoms. The first-order chi connectivity index (χ1) is 20.2. The maximum absolute atomic E-state index is 13.8. The van der Waals surface area contributed by atoms with E-state index in [1.807, 2.05) is 44.2 Å². The van der Waals surface area contributed by atoms with E-state index in [0.29, 0.717) is 56.3 Å². The number of nitrogens with two attached hydrogens (primary N) is 1. The molecule has 1 aromatic heterocycles. The number of allylic oxidation sites excluding steroid dienone is 3. The summed E-state index contributed by atoms with van der Waals surface area (Å²) in [5.41, 5.74) is 9.16. The first kappa shape index (κ1) is 29.2. The molecule has 0 saturated carbocycles. The molecule has 3 aromatic rings. The van der Waals surface area contributed by atoms with Crippen molar-refractivity contribution in [2.75, 3.05) is 30.2 Å². The molecule has 5 rings (SSSR count). The topological polar surface area (TPSA) is 143 Å². The number of nitrogens with zero attached hydrogens (tertiary/aromatic N) is 4. The maximum atomic E-state index is 13.8. The van der Waals surface area contributed by atoms with Crippen LogP contribution in [0.25, 0.3) is 0 Å². The molecule has 216 valence electrons. The van der Waals surface area contributed by atoms with Gasteiger partial charge in [0, 0.05) is 35.0 Å². The number of Topliss-reactive ketones (excluding diaryl/α,β-unsaturated/α-hetero) is 1. The number of carbonyl (C=O) groups excluding carboxylic acids is 2. The second-order valence-electron chi connectivity index (χ2n) is 10.6. The fourth-order valence-corrected chi connectivity index (χ4v) is 6.97. The molecule has 1 aliphatic heterocycles. The van der Waals surface area contributed by atoms with Crippen molar-refractivity contribution in [3.8, 4) is 17.6 Å². The first-order valence-electron chi connectivity index (χ1n) is 13.1. The Bertz CT molecular complexity index is 1640. The largest absolute Gasteiger partial charge is 0.497 e. The standard InChI is InChI=1S/C30H30N6O4S2/c1-30(2)13-21-26(22(37)14-30)25(19-11-10-18(39-3)12-23(19)40-4)20(15-31)27(32)36(21)28-34-35-29(42-28)41-16-24(38)33-17-8-6-5-7-9-17/h5-12,25H,13-14,16,32H2,1-4H3,(H,33,38). The number of ether oxygens (including phenoxy) is 2. The predicted molar refractivity (Wildman–Crippen MR) is 162 cm³/mol. The van der Waals surface area contributed by atoms with Crippen LogP contribution >= 0.6 is 23.1 Å². The van der Waals surface area contributed by atoms with Crippen LogP contribution in [0.5, 0.6) is 11.5 Å². The summed E-state index contributed by atoms with van der Waals surface area (Å²) in [7, 11) is 3.09. The van der Waals surface area contributed by atoms with Crippen molar-refractivity contribution in [1.29, 1.82) is 5.26 Å². The van der Waals surface area contributed by atoms with Gasteiger partial charge in [-0.1, -0.05) is 61.2 Å². The van der Waals surface area contributed by atoms with Crippen molar-refractivity contribution in [1.82, 2.24) is 10.2 Å². The number of nitriles is 1. The normalized spacial score (nSPS) is 17.9. The molecular weight excluding hydrogens is 573 g/mol. The fourth-order valence-electron chi connectivity index (χ4n) is 5.29. The Morgan fingerprint density at radius 1 is 1.19 bits per heavy atom. The van der Waals surface area contributed by atoms with Crippen LogP contribution in [0.3, 0.4) is 0 Å². The number of para-hydroxylation sites is 1. The minimum Gasteiger partial charge on any atom is -0.497 e. The molecule has 2 aliphatic rings. The number of benzene rings is 2. The summed E-state index contributed by atoms with van der Waals surface area (Å²) in [5, 5.41) is 22.3. The van der Waals surface area contributed by atoms with Gasteiger partial charge in [-0.15, -0.1) is 10.2 Å². The summed E-state index contributed by atoms with van der Waals surface area (Å²) in [4.78, 5) is 28.0. The fraction of sp³-hybridized carbons (Fsp3) is 0.300. The zero-order valence-corrected chi connectivity index (χ0v) is 25.3. The Hall–Kier alpha value is -4.34. The van der Waals surface area contributed by atoms with E-state index in [-0.39, 0.29) is 34.3 Å². The molecule has 2 aromatic carbocycles. The van der Waals surface area contributed by atoms with Crippen molar-refractivity contribution < 1.29 is 19.1 Å². The molecular formula is C30H30N6O4S2. The number of thioether (sulfide) groups is 1. The smallest absolute Gasteiger partial charge is 0.234 e. The van der Waals surface area contributed by atoms with Crippen LogP contribution in [-0.2, 0) is 9.59 Å². The van der Waals surface area contributed by atoms with E-state index in [1.54, 1.807) is 30.2 Å². The summed E-state index contributed by atoms with van der Waals surface area (Å²) in [5.74, 6) is 0.440. The average Bonchev–Trinajstić information content (AvgIpc) is 3.43. The van der Waals surface area contributed by atoms with E-state index >= 15 is 0 Å². The minimum atomic E-state index is -0.714. The zero-order chi connectivity index (χ0) is 30.0. The van der Waals surface area contributed by atoms with Gasteiger partial charge in [-0.05, 0) is 30.0 Å². The van der Waals surface area contributed by atoms with E-state index in [2.05, 4.69) is 21.6 Å². The molecule has 0 spiro atoms. The molecule has 0 saturated heterocycles. The van der Waals surface area contributed by atoms with Gasteiger partial charge in [0.25, 0.3) is 0 Å². The average molecular weight is 603 g/mol. The Morgan fingerprint density at radius 3 is 2.64 bits per heavy atom. The number of methoxy groups -OCH3 is 2. The molecule has 42 heavy (non-hydrogen) atoms. The quantitative estimate of drug-likeness (QED) is 0.329. The molecule has 1 aliphatic carbocycles. The number of anilines is 2. The maximum Gasteiger partial charge on any atom is 0.234 e. The van der Waals surface area contributed by atoms with Gasteiger partial charge in [-0.3, -0.25) is 14.5 Å². The second kappa shape index (κ2) is 11.9. The molecule has 0 bridgehead atoms. The van der Waals surface area contributed by atoms with Crippen LogP contribution in [0, 0.1) is 16.7 Å². The van der Waals surface area contributed by atoms with Gasteiger partial charge in [-0.25, -0.2) is 0 Å². The zero-order valence-electron chi connectivity index (χ0n) is 23.6. The minimum absolute atomic E-state index is 0.0638. The number of rotatable bonds is 8. The highest BCUT2D eigenvalue weighted by Gasteiger charge is 2.46. The van der Waals surface area contributed by atoms with E-state index in [9.17, 15) is 14.9 Å². The van der Waals surface area contributed by atoms with Crippen LogP contribution in [0.2, 0.25) is 0 Å². The van der Waals surface area contributed by atoms with E-state index < -0.39 is 5.92 Å². The van der Waals surface area contributed by atoms with Crippen molar-refractivity contribution in [3.05, 3.63) is 76.8 Å². The van der Waals surface area contributed by atoms with Gasteiger partial charge in [0.15, 0.2) is 10.1 Å². The van der Waals surface area contributed by atoms with Crippen LogP contribution in [0.15, 0.2) is 75.5 Å². The van der Waals surface area contributed by atoms with E-state index in [0.717, 1.165) is 0 Å².